The first kappa shape index (κ1) is 19.8. The van der Waals surface area contributed by atoms with Crippen molar-refractivity contribution in [2.75, 3.05) is 24.8 Å². The zero-order chi connectivity index (χ0) is 19.2. The number of thiophene rings is 1. The van der Waals surface area contributed by atoms with Crippen molar-refractivity contribution in [3.63, 3.8) is 0 Å². The van der Waals surface area contributed by atoms with Crippen LogP contribution in [0.4, 0.5) is 5.00 Å². The molecule has 1 aliphatic heterocycles. The third-order valence-corrected chi connectivity index (χ3v) is 5.97. The Morgan fingerprint density at radius 1 is 1.48 bits per heavy atom. The lowest BCUT2D eigenvalue weighted by Crippen LogP contribution is -2.19. The van der Waals surface area contributed by atoms with Gasteiger partial charge in [-0.1, -0.05) is 18.7 Å². The third kappa shape index (κ3) is 4.88. The zero-order valence-corrected chi connectivity index (χ0v) is 16.9. The fourth-order valence-electron chi connectivity index (χ4n) is 2.83. The first-order valence-corrected chi connectivity index (χ1v) is 10.6. The number of nitrogens with one attached hydrogen (secondary N) is 1. The molecule has 2 aromatic rings. The number of amides is 1. The molecule has 3 heterocycles. The highest BCUT2D eigenvalue weighted by molar-refractivity contribution is 7.99. The molecule has 10 heteroatoms. The van der Waals surface area contributed by atoms with Gasteiger partial charge in [-0.15, -0.1) is 21.5 Å². The molecule has 1 N–H and O–H groups in total. The normalized spacial score (nSPS) is 16.4. The van der Waals surface area contributed by atoms with Gasteiger partial charge in [-0.2, -0.15) is 0 Å². The number of nitrogens with zero attached hydrogens (tertiary/aromatic N) is 3. The van der Waals surface area contributed by atoms with Gasteiger partial charge in [0.25, 0.3) is 0 Å². The maximum Gasteiger partial charge on any atom is 0.340 e. The molecule has 0 bridgehead atoms. The molecular formula is C17H22N4O4S2. The maximum absolute atomic E-state index is 12.3. The van der Waals surface area contributed by atoms with E-state index >= 15 is 0 Å². The van der Waals surface area contributed by atoms with E-state index in [1.54, 1.807) is 11.4 Å². The number of aryl methyl sites for hydroxylation is 1. The second-order valence-electron chi connectivity index (χ2n) is 5.99. The predicted molar refractivity (Wildman–Crippen MR) is 103 cm³/mol. The van der Waals surface area contributed by atoms with Crippen molar-refractivity contribution in [2.45, 2.75) is 44.0 Å². The second kappa shape index (κ2) is 9.34. The molecule has 1 aliphatic rings. The summed E-state index contributed by atoms with van der Waals surface area (Å²) in [5.74, 6) is 0.381. The van der Waals surface area contributed by atoms with E-state index in [4.69, 9.17) is 9.47 Å². The smallest absolute Gasteiger partial charge is 0.340 e. The fourth-order valence-corrected chi connectivity index (χ4v) is 4.39. The third-order valence-electron chi connectivity index (χ3n) is 4.18. The van der Waals surface area contributed by atoms with Crippen molar-refractivity contribution in [1.82, 2.24) is 14.8 Å². The summed E-state index contributed by atoms with van der Waals surface area (Å²) in [6.07, 6.45) is 3.04. The number of hydrogen-bond acceptors (Lipinski definition) is 8. The Kier molecular flexibility index (Phi) is 6.86. The monoisotopic (exact) mass is 410 g/mol. The summed E-state index contributed by atoms with van der Waals surface area (Å²) in [5, 5.41) is 14.1. The Bertz CT molecular complexity index is 799. The molecule has 0 saturated carbocycles. The first-order valence-electron chi connectivity index (χ1n) is 8.74. The highest BCUT2D eigenvalue weighted by Gasteiger charge is 2.21. The van der Waals surface area contributed by atoms with E-state index in [0.717, 1.165) is 31.7 Å². The number of anilines is 1. The molecule has 2 aromatic heterocycles. The molecule has 1 fully saturated rings. The fraction of sp³-hybridized carbons (Fsp3) is 0.529. The second-order valence-corrected chi connectivity index (χ2v) is 7.85. The molecule has 1 saturated heterocycles. The Balaban J connectivity index is 1.61. The lowest BCUT2D eigenvalue weighted by Gasteiger charge is -2.14. The van der Waals surface area contributed by atoms with Crippen LogP contribution in [0.5, 0.6) is 0 Å². The van der Waals surface area contributed by atoms with E-state index in [1.165, 1.54) is 30.2 Å². The first-order chi connectivity index (χ1) is 13.1. The highest BCUT2D eigenvalue weighted by atomic mass is 32.2. The van der Waals surface area contributed by atoms with Gasteiger partial charge in [-0.25, -0.2) is 4.79 Å². The lowest BCUT2D eigenvalue weighted by molar-refractivity contribution is -0.113. The highest BCUT2D eigenvalue weighted by Crippen LogP contribution is 2.25. The van der Waals surface area contributed by atoms with E-state index in [1.807, 2.05) is 11.5 Å². The number of thioether (sulfide) groups is 1. The molecule has 1 unspecified atom stereocenters. The molecule has 146 valence electrons. The summed E-state index contributed by atoms with van der Waals surface area (Å²) in [5.41, 5.74) is 0.357. The summed E-state index contributed by atoms with van der Waals surface area (Å²) in [6.45, 7) is 3.53. The predicted octanol–water partition coefficient (Wildman–Crippen LogP) is 2.60. The Labute approximate surface area is 165 Å². The van der Waals surface area contributed by atoms with Crippen LogP contribution in [0.2, 0.25) is 0 Å². The number of carbonyl (C=O) groups excluding carboxylic acids is 2. The van der Waals surface area contributed by atoms with Crippen molar-refractivity contribution >= 4 is 40.0 Å². The van der Waals surface area contributed by atoms with Crippen LogP contribution in [-0.2, 0) is 27.2 Å². The molecule has 0 aliphatic carbocycles. The van der Waals surface area contributed by atoms with Gasteiger partial charge in [0.1, 0.15) is 10.8 Å². The molecule has 0 radical (unpaired) electrons. The van der Waals surface area contributed by atoms with Gasteiger partial charge in [0, 0.05) is 13.0 Å². The lowest BCUT2D eigenvalue weighted by atomic mass is 10.2. The van der Waals surface area contributed by atoms with E-state index < -0.39 is 5.97 Å². The Hall–Kier alpha value is -1.91. The van der Waals surface area contributed by atoms with Gasteiger partial charge in [0.05, 0.1) is 31.1 Å². The van der Waals surface area contributed by atoms with Crippen molar-refractivity contribution < 1.29 is 19.1 Å². The van der Waals surface area contributed by atoms with Gasteiger partial charge in [0.15, 0.2) is 5.16 Å². The number of hydrogen-bond donors (Lipinski definition) is 1. The summed E-state index contributed by atoms with van der Waals surface area (Å²) in [6, 6.07) is 1.63. The van der Waals surface area contributed by atoms with E-state index in [2.05, 4.69) is 15.5 Å². The molecule has 1 atom stereocenters. The van der Waals surface area contributed by atoms with Crippen LogP contribution in [-0.4, -0.2) is 52.2 Å². The molecule has 27 heavy (non-hydrogen) atoms. The SMILES string of the molecule is CCc1nnc(SCC(=O)Nc2sccc2C(=O)OC)n1CC1CCCO1. The summed E-state index contributed by atoms with van der Waals surface area (Å²) in [7, 11) is 1.31. The average Bonchev–Trinajstić information content (AvgIpc) is 3.41. The van der Waals surface area contributed by atoms with Gasteiger partial charge >= 0.3 is 5.97 Å². The molecule has 8 nitrogen and oxygen atoms in total. The van der Waals surface area contributed by atoms with Crippen LogP contribution in [0.1, 0.15) is 35.9 Å². The summed E-state index contributed by atoms with van der Waals surface area (Å²) < 4.78 is 12.5. The number of methoxy groups -OCH3 is 1. The van der Waals surface area contributed by atoms with Crippen LogP contribution in [0.3, 0.4) is 0 Å². The van der Waals surface area contributed by atoms with Gasteiger partial charge < -0.3 is 19.4 Å². The van der Waals surface area contributed by atoms with Crippen molar-refractivity contribution in [2.24, 2.45) is 0 Å². The van der Waals surface area contributed by atoms with Crippen LogP contribution < -0.4 is 5.32 Å². The van der Waals surface area contributed by atoms with E-state index in [0.29, 0.717) is 22.3 Å². The molecular weight excluding hydrogens is 388 g/mol. The minimum Gasteiger partial charge on any atom is -0.465 e. The summed E-state index contributed by atoms with van der Waals surface area (Å²) in [4.78, 5) is 24.0. The molecule has 0 aromatic carbocycles. The number of esters is 1. The quantitative estimate of drug-likeness (QED) is 0.528. The number of ether oxygens (including phenoxy) is 2. The van der Waals surface area contributed by atoms with Gasteiger partial charge in [-0.3, -0.25) is 4.79 Å². The average molecular weight is 411 g/mol. The van der Waals surface area contributed by atoms with Crippen molar-refractivity contribution in [3.05, 3.63) is 22.8 Å². The van der Waals surface area contributed by atoms with Crippen LogP contribution in [0, 0.1) is 0 Å². The minimum absolute atomic E-state index is 0.173. The molecule has 3 rings (SSSR count). The molecule has 1 amide bonds. The Morgan fingerprint density at radius 2 is 2.33 bits per heavy atom. The van der Waals surface area contributed by atoms with Crippen molar-refractivity contribution in [1.29, 1.82) is 0 Å². The summed E-state index contributed by atoms with van der Waals surface area (Å²) >= 11 is 2.61. The van der Waals surface area contributed by atoms with Crippen molar-refractivity contribution in [3.8, 4) is 0 Å². The number of rotatable bonds is 8. The maximum atomic E-state index is 12.3. The Morgan fingerprint density at radius 3 is 3.04 bits per heavy atom. The van der Waals surface area contributed by atoms with E-state index in [-0.39, 0.29) is 17.8 Å². The number of aromatic nitrogens is 3. The van der Waals surface area contributed by atoms with Gasteiger partial charge in [-0.05, 0) is 24.3 Å². The topological polar surface area (TPSA) is 95.3 Å². The van der Waals surface area contributed by atoms with E-state index in [9.17, 15) is 9.59 Å². The zero-order valence-electron chi connectivity index (χ0n) is 15.3. The molecule has 0 spiro atoms. The van der Waals surface area contributed by atoms with Gasteiger partial charge in [0.2, 0.25) is 5.91 Å². The largest absolute Gasteiger partial charge is 0.465 e. The minimum atomic E-state index is -0.469. The number of carbonyl (C=O) groups is 2. The van der Waals surface area contributed by atoms with Crippen LogP contribution >= 0.6 is 23.1 Å². The standard InChI is InChI=1S/C17H22N4O4S2/c1-3-13-19-20-17(21(13)9-11-5-4-7-25-11)27-10-14(22)18-15-12(6-8-26-15)16(23)24-2/h6,8,11H,3-5,7,9-10H2,1-2H3,(H,18,22). The van der Waals surface area contributed by atoms with Crippen LogP contribution in [0.25, 0.3) is 0 Å². The van der Waals surface area contributed by atoms with Crippen LogP contribution in [0.15, 0.2) is 16.6 Å².